The van der Waals surface area contributed by atoms with E-state index in [0.29, 0.717) is 18.9 Å². The summed E-state index contributed by atoms with van der Waals surface area (Å²) in [6.07, 6.45) is 1.98. The molecular formula is C13H18BrFN2O. The van der Waals surface area contributed by atoms with Crippen molar-refractivity contribution in [3.63, 3.8) is 0 Å². The molecule has 3 unspecified atom stereocenters. The highest BCUT2D eigenvalue weighted by Gasteiger charge is 2.29. The van der Waals surface area contributed by atoms with Gasteiger partial charge in [0.25, 0.3) is 0 Å². The van der Waals surface area contributed by atoms with E-state index in [-0.39, 0.29) is 18.0 Å². The largest absolute Gasteiger partial charge is 0.378 e. The van der Waals surface area contributed by atoms with Crippen molar-refractivity contribution in [3.05, 3.63) is 34.1 Å². The van der Waals surface area contributed by atoms with Crippen LogP contribution in [0, 0.1) is 11.7 Å². The summed E-state index contributed by atoms with van der Waals surface area (Å²) >= 11 is 3.30. The van der Waals surface area contributed by atoms with Crippen molar-refractivity contribution in [1.82, 2.24) is 5.43 Å². The average molecular weight is 317 g/mol. The first-order valence-electron chi connectivity index (χ1n) is 6.11. The molecule has 1 aliphatic heterocycles. The van der Waals surface area contributed by atoms with Crippen molar-refractivity contribution >= 4 is 15.9 Å². The summed E-state index contributed by atoms with van der Waals surface area (Å²) < 4.78 is 19.6. The van der Waals surface area contributed by atoms with Crippen LogP contribution in [-0.2, 0) is 11.2 Å². The van der Waals surface area contributed by atoms with Crippen LogP contribution >= 0.6 is 15.9 Å². The molecule has 3 N–H and O–H groups in total. The van der Waals surface area contributed by atoms with Crippen molar-refractivity contribution < 1.29 is 9.13 Å². The average Bonchev–Trinajstić information content (AvgIpc) is 2.71. The molecule has 0 saturated carbocycles. The first kappa shape index (κ1) is 13.9. The summed E-state index contributed by atoms with van der Waals surface area (Å²) in [4.78, 5) is 0. The number of nitrogens with one attached hydrogen (secondary N) is 1. The quantitative estimate of drug-likeness (QED) is 0.662. The van der Waals surface area contributed by atoms with E-state index in [9.17, 15) is 4.39 Å². The summed E-state index contributed by atoms with van der Waals surface area (Å²) in [5.41, 5.74) is 3.77. The smallest absolute Gasteiger partial charge is 0.124 e. The molecule has 0 radical (unpaired) electrons. The van der Waals surface area contributed by atoms with Crippen LogP contribution in [0.5, 0.6) is 0 Å². The summed E-state index contributed by atoms with van der Waals surface area (Å²) in [5.74, 6) is 5.76. The first-order valence-corrected chi connectivity index (χ1v) is 6.90. The Balaban J connectivity index is 2.05. The second-order valence-corrected chi connectivity index (χ2v) is 5.81. The molecule has 18 heavy (non-hydrogen) atoms. The molecule has 0 bridgehead atoms. The maximum atomic E-state index is 13.3. The highest BCUT2D eigenvalue weighted by Crippen LogP contribution is 2.25. The maximum Gasteiger partial charge on any atom is 0.124 e. The lowest BCUT2D eigenvalue weighted by molar-refractivity contribution is 0.117. The van der Waals surface area contributed by atoms with Gasteiger partial charge in [-0.05, 0) is 43.5 Å². The normalized spacial score (nSPS) is 25.3. The zero-order chi connectivity index (χ0) is 13.1. The third-order valence-corrected chi connectivity index (χ3v) is 3.85. The molecule has 5 heteroatoms. The van der Waals surface area contributed by atoms with Gasteiger partial charge >= 0.3 is 0 Å². The number of nitrogens with two attached hydrogens (primary N) is 1. The molecule has 0 amide bonds. The Bertz CT molecular complexity index is 396. The Morgan fingerprint density at radius 1 is 1.56 bits per heavy atom. The fraction of sp³-hybridized carbons (Fsp3) is 0.538. The molecular weight excluding hydrogens is 299 g/mol. The van der Waals surface area contributed by atoms with Crippen molar-refractivity contribution in [2.45, 2.75) is 31.9 Å². The minimum atomic E-state index is -0.230. The number of hydrogen-bond acceptors (Lipinski definition) is 3. The van der Waals surface area contributed by atoms with E-state index >= 15 is 0 Å². The minimum Gasteiger partial charge on any atom is -0.378 e. The summed E-state index contributed by atoms with van der Waals surface area (Å²) in [5, 5.41) is 0. The Morgan fingerprint density at radius 3 is 2.89 bits per heavy atom. The molecule has 0 spiro atoms. The van der Waals surface area contributed by atoms with Gasteiger partial charge in [0.2, 0.25) is 0 Å². The zero-order valence-electron chi connectivity index (χ0n) is 10.3. The minimum absolute atomic E-state index is 0.114. The number of ether oxygens (including phenoxy) is 1. The molecule has 3 atom stereocenters. The lowest BCUT2D eigenvalue weighted by Gasteiger charge is -2.21. The van der Waals surface area contributed by atoms with Gasteiger partial charge in [-0.2, -0.15) is 0 Å². The number of hydrazine groups is 1. The van der Waals surface area contributed by atoms with Gasteiger partial charge in [-0.1, -0.05) is 15.9 Å². The van der Waals surface area contributed by atoms with E-state index < -0.39 is 0 Å². The molecule has 3 nitrogen and oxygen atoms in total. The number of rotatable bonds is 4. The summed E-state index contributed by atoms with van der Waals surface area (Å²) in [7, 11) is 0. The molecule has 1 aromatic carbocycles. The van der Waals surface area contributed by atoms with E-state index in [4.69, 9.17) is 10.6 Å². The zero-order valence-corrected chi connectivity index (χ0v) is 11.9. The SMILES string of the molecule is CC1CC(C(Cc2cc(F)cc(Br)c2)NN)CO1. The predicted octanol–water partition coefficient (Wildman–Crippen LogP) is 2.39. The molecule has 1 saturated heterocycles. The second kappa shape index (κ2) is 6.10. The van der Waals surface area contributed by atoms with Gasteiger partial charge in [0.15, 0.2) is 0 Å². The van der Waals surface area contributed by atoms with Crippen molar-refractivity contribution in [3.8, 4) is 0 Å². The van der Waals surface area contributed by atoms with Crippen LogP contribution in [-0.4, -0.2) is 18.8 Å². The maximum absolute atomic E-state index is 13.3. The fourth-order valence-corrected chi connectivity index (χ4v) is 2.99. The van der Waals surface area contributed by atoms with Gasteiger partial charge in [0.05, 0.1) is 12.7 Å². The van der Waals surface area contributed by atoms with E-state index in [2.05, 4.69) is 28.3 Å². The van der Waals surface area contributed by atoms with Crippen LogP contribution in [0.15, 0.2) is 22.7 Å². The molecule has 1 heterocycles. The van der Waals surface area contributed by atoms with Crippen LogP contribution in [0.3, 0.4) is 0 Å². The third kappa shape index (κ3) is 3.51. The predicted molar refractivity (Wildman–Crippen MR) is 72.4 cm³/mol. The topological polar surface area (TPSA) is 47.3 Å². The molecule has 100 valence electrons. The van der Waals surface area contributed by atoms with E-state index in [1.807, 2.05) is 6.07 Å². The number of hydrogen-bond donors (Lipinski definition) is 2. The molecule has 2 rings (SSSR count). The standard InChI is InChI=1S/C13H18BrFN2O/c1-8-2-10(7-18-8)13(17-16)5-9-3-11(14)6-12(15)4-9/h3-4,6,8,10,13,17H,2,5,7,16H2,1H3. The number of benzene rings is 1. The van der Waals surface area contributed by atoms with Crippen LogP contribution in [0.1, 0.15) is 18.9 Å². The monoisotopic (exact) mass is 316 g/mol. The van der Waals surface area contributed by atoms with Crippen LogP contribution in [0.25, 0.3) is 0 Å². The Labute approximate surface area is 115 Å². The van der Waals surface area contributed by atoms with E-state index in [1.54, 1.807) is 6.07 Å². The van der Waals surface area contributed by atoms with Crippen LogP contribution < -0.4 is 11.3 Å². The highest BCUT2D eigenvalue weighted by molar-refractivity contribution is 9.10. The Morgan fingerprint density at radius 2 is 2.33 bits per heavy atom. The van der Waals surface area contributed by atoms with Gasteiger partial charge < -0.3 is 4.74 Å². The van der Waals surface area contributed by atoms with E-state index in [0.717, 1.165) is 16.5 Å². The molecule has 1 aliphatic rings. The fourth-order valence-electron chi connectivity index (χ4n) is 2.48. The molecule has 0 aliphatic carbocycles. The van der Waals surface area contributed by atoms with Crippen molar-refractivity contribution in [2.75, 3.05) is 6.61 Å². The molecule has 1 fully saturated rings. The van der Waals surface area contributed by atoms with Crippen LogP contribution in [0.2, 0.25) is 0 Å². The van der Waals surface area contributed by atoms with E-state index in [1.165, 1.54) is 6.07 Å². The van der Waals surface area contributed by atoms with Crippen LogP contribution in [0.4, 0.5) is 4.39 Å². The lowest BCUT2D eigenvalue weighted by Crippen LogP contribution is -2.42. The lowest BCUT2D eigenvalue weighted by atomic mass is 9.92. The Kier molecular flexibility index (Phi) is 4.72. The van der Waals surface area contributed by atoms with Gasteiger partial charge in [0, 0.05) is 16.4 Å². The van der Waals surface area contributed by atoms with Gasteiger partial charge in [-0.15, -0.1) is 0 Å². The van der Waals surface area contributed by atoms with Gasteiger partial charge in [-0.25, -0.2) is 4.39 Å². The Hall–Kier alpha value is -0.490. The first-order chi connectivity index (χ1) is 8.58. The van der Waals surface area contributed by atoms with Crippen molar-refractivity contribution in [2.24, 2.45) is 11.8 Å². The van der Waals surface area contributed by atoms with Crippen molar-refractivity contribution in [1.29, 1.82) is 0 Å². The number of halogens is 2. The molecule has 0 aromatic heterocycles. The van der Waals surface area contributed by atoms with Gasteiger partial charge in [-0.3, -0.25) is 11.3 Å². The highest BCUT2D eigenvalue weighted by atomic mass is 79.9. The molecule has 1 aromatic rings. The second-order valence-electron chi connectivity index (χ2n) is 4.89. The summed E-state index contributed by atoms with van der Waals surface area (Å²) in [6.45, 7) is 2.78. The third-order valence-electron chi connectivity index (χ3n) is 3.39. The summed E-state index contributed by atoms with van der Waals surface area (Å²) in [6, 6.07) is 5.04. The van der Waals surface area contributed by atoms with Gasteiger partial charge in [0.1, 0.15) is 5.82 Å².